The first kappa shape index (κ1) is 23.0. The van der Waals surface area contributed by atoms with E-state index in [0.717, 1.165) is 28.2 Å². The summed E-state index contributed by atoms with van der Waals surface area (Å²) in [6.45, 7) is 10.5. The number of hydrogen-bond donors (Lipinski definition) is 1. The Morgan fingerprint density at radius 2 is 1.97 bits per heavy atom. The second-order valence-electron chi connectivity index (χ2n) is 7.11. The Balaban J connectivity index is 0.00000141. The number of fused-ring (bicyclic) bond motifs is 1. The Bertz CT molecular complexity index is 1220. The molecule has 0 saturated carbocycles. The second kappa shape index (κ2) is 10.1. The van der Waals surface area contributed by atoms with Crippen LogP contribution in [-0.4, -0.2) is 36.7 Å². The molecule has 0 radical (unpaired) electrons. The molecule has 0 bridgehead atoms. The summed E-state index contributed by atoms with van der Waals surface area (Å²) in [5.41, 5.74) is 4.82. The van der Waals surface area contributed by atoms with E-state index in [1.54, 1.807) is 23.7 Å². The molecular weight excluding hydrogens is 404 g/mol. The minimum atomic E-state index is -0.446. The molecule has 0 spiro atoms. The highest BCUT2D eigenvalue weighted by Crippen LogP contribution is 2.21. The second-order valence-corrected chi connectivity index (χ2v) is 7.11. The third-order valence-electron chi connectivity index (χ3n) is 5.02. The van der Waals surface area contributed by atoms with Gasteiger partial charge in [0.15, 0.2) is 11.3 Å². The number of aromatic nitrogens is 5. The number of rotatable bonds is 6. The zero-order valence-electron chi connectivity index (χ0n) is 19.5. The lowest BCUT2D eigenvalue weighted by Crippen LogP contribution is -2.12. The van der Waals surface area contributed by atoms with Gasteiger partial charge in [-0.25, -0.2) is 14.8 Å². The predicted octanol–water partition coefficient (Wildman–Crippen LogP) is 4.56. The van der Waals surface area contributed by atoms with E-state index < -0.39 is 5.97 Å². The molecule has 1 N–H and O–H groups in total. The Kier molecular flexibility index (Phi) is 7.25. The van der Waals surface area contributed by atoms with Gasteiger partial charge in [-0.15, -0.1) is 0 Å². The molecule has 1 aromatic carbocycles. The number of carbonyl (C=O) groups is 1. The zero-order valence-corrected chi connectivity index (χ0v) is 19.5. The number of anilines is 1. The smallest absolute Gasteiger partial charge is 0.357 e. The van der Waals surface area contributed by atoms with Crippen LogP contribution >= 0.6 is 0 Å². The maximum Gasteiger partial charge on any atom is 0.357 e. The predicted molar refractivity (Wildman–Crippen MR) is 126 cm³/mol. The molecule has 0 aliphatic heterocycles. The van der Waals surface area contributed by atoms with Gasteiger partial charge < -0.3 is 14.6 Å². The Morgan fingerprint density at radius 3 is 2.66 bits per heavy atom. The van der Waals surface area contributed by atoms with Crippen molar-refractivity contribution in [3.05, 3.63) is 65.2 Å². The number of carbonyl (C=O) groups excluding carboxylic acids is 1. The maximum absolute atomic E-state index is 12.3. The van der Waals surface area contributed by atoms with Gasteiger partial charge in [-0.05, 0) is 32.4 Å². The van der Waals surface area contributed by atoms with Crippen molar-refractivity contribution < 1.29 is 9.53 Å². The van der Waals surface area contributed by atoms with Gasteiger partial charge in [0, 0.05) is 43.2 Å². The topological polar surface area (TPSA) is 86.3 Å². The molecule has 8 heteroatoms. The number of nitrogens with zero attached hydrogens (tertiary/aromatic N) is 5. The van der Waals surface area contributed by atoms with Crippen molar-refractivity contribution in [2.24, 2.45) is 7.05 Å². The van der Waals surface area contributed by atoms with Crippen molar-refractivity contribution in [3.8, 4) is 11.4 Å². The Morgan fingerprint density at radius 1 is 1.19 bits per heavy atom. The first-order chi connectivity index (χ1) is 15.5. The van der Waals surface area contributed by atoms with Gasteiger partial charge in [-0.2, -0.15) is 9.61 Å². The van der Waals surface area contributed by atoms with Crippen LogP contribution in [0.5, 0.6) is 0 Å². The van der Waals surface area contributed by atoms with Crippen LogP contribution < -0.4 is 5.32 Å². The normalized spacial score (nSPS) is 10.6. The van der Waals surface area contributed by atoms with E-state index in [1.807, 2.05) is 63.7 Å². The lowest BCUT2D eigenvalue weighted by Gasteiger charge is -2.11. The van der Waals surface area contributed by atoms with Gasteiger partial charge in [-0.1, -0.05) is 32.0 Å². The molecule has 0 amide bonds. The summed E-state index contributed by atoms with van der Waals surface area (Å²) < 4.78 is 8.86. The maximum atomic E-state index is 12.3. The molecule has 3 aromatic heterocycles. The molecular formula is C24H30N6O2. The summed E-state index contributed by atoms with van der Waals surface area (Å²) in [5.74, 6) is 1.14. The molecule has 0 atom stereocenters. The highest BCUT2D eigenvalue weighted by atomic mass is 16.5. The SMILES string of the molecule is CC.CCOC(=O)c1cc(NCc2cccc(-c3nccn3C)c2)n2nc(C)c(C)c2n1. The van der Waals surface area contributed by atoms with Crippen molar-refractivity contribution in [3.63, 3.8) is 0 Å². The lowest BCUT2D eigenvalue weighted by atomic mass is 10.1. The van der Waals surface area contributed by atoms with E-state index in [2.05, 4.69) is 26.4 Å². The van der Waals surface area contributed by atoms with Crippen molar-refractivity contribution in [2.45, 2.75) is 41.2 Å². The zero-order chi connectivity index (χ0) is 23.3. The van der Waals surface area contributed by atoms with Crippen LogP contribution in [0.1, 0.15) is 48.1 Å². The number of imidazole rings is 1. The van der Waals surface area contributed by atoms with Crippen molar-refractivity contribution in [2.75, 3.05) is 11.9 Å². The van der Waals surface area contributed by atoms with Crippen LogP contribution in [-0.2, 0) is 18.3 Å². The number of esters is 1. The first-order valence-corrected chi connectivity index (χ1v) is 10.8. The summed E-state index contributed by atoms with van der Waals surface area (Å²) in [6, 6.07) is 9.87. The number of aryl methyl sites for hydroxylation is 3. The van der Waals surface area contributed by atoms with Crippen LogP contribution in [0.25, 0.3) is 17.0 Å². The summed E-state index contributed by atoms with van der Waals surface area (Å²) in [4.78, 5) is 21.2. The molecule has 0 unspecified atom stereocenters. The van der Waals surface area contributed by atoms with Crippen LogP contribution in [0.3, 0.4) is 0 Å². The fraction of sp³-hybridized carbons (Fsp3) is 0.333. The number of hydrogen-bond acceptors (Lipinski definition) is 6. The van der Waals surface area contributed by atoms with Gasteiger partial charge in [0.1, 0.15) is 11.6 Å². The molecule has 32 heavy (non-hydrogen) atoms. The van der Waals surface area contributed by atoms with E-state index in [-0.39, 0.29) is 5.69 Å². The first-order valence-electron chi connectivity index (χ1n) is 10.8. The standard InChI is InChI=1S/C22H24N6O2.C2H6/c1-5-30-22(29)18-12-19(28-20(25-18)14(2)15(3)26-28)24-13-16-7-6-8-17(11-16)21-23-9-10-27(21)4;1-2/h6-12,24H,5,13H2,1-4H3;1-2H3. The van der Waals surface area contributed by atoms with Crippen LogP contribution in [0.2, 0.25) is 0 Å². The van der Waals surface area contributed by atoms with E-state index in [9.17, 15) is 4.79 Å². The van der Waals surface area contributed by atoms with Crippen molar-refractivity contribution >= 4 is 17.4 Å². The minimum absolute atomic E-state index is 0.261. The van der Waals surface area contributed by atoms with Gasteiger partial charge in [0.05, 0.1) is 12.3 Å². The molecule has 168 valence electrons. The van der Waals surface area contributed by atoms with Gasteiger partial charge in [-0.3, -0.25) is 0 Å². The molecule has 0 aliphatic carbocycles. The third kappa shape index (κ3) is 4.64. The molecule has 4 rings (SSSR count). The van der Waals surface area contributed by atoms with E-state index >= 15 is 0 Å². The van der Waals surface area contributed by atoms with Crippen LogP contribution in [0.15, 0.2) is 42.7 Å². The Labute approximate surface area is 188 Å². The lowest BCUT2D eigenvalue weighted by molar-refractivity contribution is 0.0519. The molecule has 0 aliphatic rings. The highest BCUT2D eigenvalue weighted by Gasteiger charge is 2.17. The molecule has 8 nitrogen and oxygen atoms in total. The van der Waals surface area contributed by atoms with E-state index in [1.165, 1.54) is 0 Å². The van der Waals surface area contributed by atoms with Gasteiger partial charge in [0.25, 0.3) is 0 Å². The average molecular weight is 435 g/mol. The van der Waals surface area contributed by atoms with E-state index in [4.69, 9.17) is 4.74 Å². The fourth-order valence-electron chi connectivity index (χ4n) is 3.32. The molecule has 0 fully saturated rings. The number of nitrogens with one attached hydrogen (secondary N) is 1. The number of benzene rings is 1. The van der Waals surface area contributed by atoms with Gasteiger partial charge in [0.2, 0.25) is 0 Å². The summed E-state index contributed by atoms with van der Waals surface area (Å²) in [7, 11) is 1.97. The summed E-state index contributed by atoms with van der Waals surface area (Å²) in [5, 5.41) is 7.96. The molecule has 0 saturated heterocycles. The number of ether oxygens (including phenoxy) is 1. The molecule has 3 heterocycles. The Hall–Kier alpha value is -3.68. The fourth-order valence-corrected chi connectivity index (χ4v) is 3.32. The third-order valence-corrected chi connectivity index (χ3v) is 5.02. The molecule has 4 aromatic rings. The highest BCUT2D eigenvalue weighted by molar-refractivity contribution is 5.89. The van der Waals surface area contributed by atoms with Crippen LogP contribution in [0.4, 0.5) is 5.82 Å². The largest absolute Gasteiger partial charge is 0.461 e. The van der Waals surface area contributed by atoms with E-state index in [0.29, 0.717) is 24.6 Å². The van der Waals surface area contributed by atoms with Crippen LogP contribution in [0, 0.1) is 13.8 Å². The monoisotopic (exact) mass is 434 g/mol. The van der Waals surface area contributed by atoms with Crippen molar-refractivity contribution in [1.29, 1.82) is 0 Å². The summed E-state index contributed by atoms with van der Waals surface area (Å²) >= 11 is 0. The quantitative estimate of drug-likeness (QED) is 0.448. The van der Waals surface area contributed by atoms with Crippen molar-refractivity contribution in [1.82, 2.24) is 24.1 Å². The summed E-state index contributed by atoms with van der Waals surface area (Å²) in [6.07, 6.45) is 3.71. The average Bonchev–Trinajstić information content (AvgIpc) is 3.36. The minimum Gasteiger partial charge on any atom is -0.461 e. The van der Waals surface area contributed by atoms with Gasteiger partial charge >= 0.3 is 5.97 Å².